The summed E-state index contributed by atoms with van der Waals surface area (Å²) in [6, 6.07) is 4.55. The van der Waals surface area contributed by atoms with E-state index in [4.69, 9.17) is 5.14 Å². The number of aliphatic hydroxyl groups is 1. The number of hydrogen-bond donors (Lipinski definition) is 2. The fraction of sp³-hybridized carbons (Fsp3) is 0.250. The molecule has 0 aliphatic heterocycles. The van der Waals surface area contributed by atoms with Gasteiger partial charge in [-0.25, -0.2) is 13.6 Å². The highest BCUT2D eigenvalue weighted by Gasteiger charge is 2.11. The molecule has 4 nitrogen and oxygen atoms in total. The largest absolute Gasteiger partial charge is 0.389 e. The average molecular weight is 327 g/mol. The van der Waals surface area contributed by atoms with Crippen LogP contribution in [-0.2, 0) is 10.0 Å². The molecule has 6 heteroatoms. The Bertz CT molecular complexity index is 442. The third-order valence-electron chi connectivity index (χ3n) is 1.70. The van der Waals surface area contributed by atoms with E-state index in [0.29, 0.717) is 5.56 Å². The zero-order valence-corrected chi connectivity index (χ0v) is 10.4. The lowest BCUT2D eigenvalue weighted by Crippen LogP contribution is -2.13. The van der Waals surface area contributed by atoms with E-state index in [0.717, 1.165) is 3.57 Å². The number of rotatable bonds is 2. The van der Waals surface area contributed by atoms with Crippen molar-refractivity contribution in [3.05, 3.63) is 27.3 Å². The van der Waals surface area contributed by atoms with Gasteiger partial charge in [0, 0.05) is 3.57 Å². The van der Waals surface area contributed by atoms with E-state index in [2.05, 4.69) is 0 Å². The zero-order valence-electron chi connectivity index (χ0n) is 7.44. The Morgan fingerprint density at radius 2 is 2.00 bits per heavy atom. The molecule has 1 unspecified atom stereocenters. The molecule has 0 amide bonds. The quantitative estimate of drug-likeness (QED) is 0.795. The van der Waals surface area contributed by atoms with Gasteiger partial charge < -0.3 is 5.11 Å². The van der Waals surface area contributed by atoms with Gasteiger partial charge in [0.15, 0.2) is 0 Å². The van der Waals surface area contributed by atoms with E-state index in [9.17, 15) is 13.5 Å². The van der Waals surface area contributed by atoms with Crippen molar-refractivity contribution in [1.82, 2.24) is 0 Å². The summed E-state index contributed by atoms with van der Waals surface area (Å²) in [6.45, 7) is 1.57. The molecule has 0 aromatic heterocycles. The molecule has 78 valence electrons. The Balaban J connectivity index is 3.35. The van der Waals surface area contributed by atoms with Crippen molar-refractivity contribution in [2.24, 2.45) is 5.14 Å². The van der Waals surface area contributed by atoms with Crippen LogP contribution in [0.2, 0.25) is 0 Å². The maximum absolute atomic E-state index is 11.1. The third-order valence-corrected chi connectivity index (χ3v) is 3.22. The molecule has 14 heavy (non-hydrogen) atoms. The Kier molecular flexibility index (Phi) is 3.51. The first kappa shape index (κ1) is 11.9. The molecule has 0 fully saturated rings. The summed E-state index contributed by atoms with van der Waals surface area (Å²) in [4.78, 5) is 0.0281. The summed E-state index contributed by atoms with van der Waals surface area (Å²) >= 11 is 1.97. The molecule has 0 bridgehead atoms. The first-order valence-corrected chi connectivity index (χ1v) is 6.44. The minimum Gasteiger partial charge on any atom is -0.389 e. The maximum Gasteiger partial charge on any atom is 0.238 e. The second-order valence-corrected chi connectivity index (χ2v) is 5.75. The van der Waals surface area contributed by atoms with Gasteiger partial charge in [0.05, 0.1) is 11.0 Å². The molecular weight excluding hydrogens is 317 g/mol. The number of benzene rings is 1. The van der Waals surface area contributed by atoms with Crippen molar-refractivity contribution in [3.63, 3.8) is 0 Å². The molecule has 0 spiro atoms. The van der Waals surface area contributed by atoms with E-state index in [1.807, 2.05) is 22.6 Å². The van der Waals surface area contributed by atoms with Crippen molar-refractivity contribution in [1.29, 1.82) is 0 Å². The van der Waals surface area contributed by atoms with Crippen LogP contribution < -0.4 is 5.14 Å². The molecule has 0 heterocycles. The van der Waals surface area contributed by atoms with E-state index in [1.54, 1.807) is 13.0 Å². The fourth-order valence-corrected chi connectivity index (χ4v) is 2.49. The lowest BCUT2D eigenvalue weighted by molar-refractivity contribution is 0.199. The van der Waals surface area contributed by atoms with E-state index in [-0.39, 0.29) is 4.90 Å². The van der Waals surface area contributed by atoms with Crippen LogP contribution in [0, 0.1) is 3.57 Å². The van der Waals surface area contributed by atoms with E-state index >= 15 is 0 Å². The van der Waals surface area contributed by atoms with Crippen molar-refractivity contribution in [2.75, 3.05) is 0 Å². The van der Waals surface area contributed by atoms with Crippen LogP contribution in [0.3, 0.4) is 0 Å². The Hall–Kier alpha value is -0.180. The van der Waals surface area contributed by atoms with Crippen LogP contribution in [0.4, 0.5) is 0 Å². The van der Waals surface area contributed by atoms with Crippen LogP contribution in [0.25, 0.3) is 0 Å². The minimum atomic E-state index is -3.70. The summed E-state index contributed by atoms with van der Waals surface area (Å²) in [7, 11) is -3.70. The van der Waals surface area contributed by atoms with Gasteiger partial charge in [0.2, 0.25) is 10.0 Å². The molecule has 0 aliphatic carbocycles. The van der Waals surface area contributed by atoms with Crippen molar-refractivity contribution in [3.8, 4) is 0 Å². The summed E-state index contributed by atoms with van der Waals surface area (Å²) in [5.74, 6) is 0. The van der Waals surface area contributed by atoms with E-state index in [1.165, 1.54) is 12.1 Å². The van der Waals surface area contributed by atoms with Crippen LogP contribution in [0.1, 0.15) is 18.6 Å². The van der Waals surface area contributed by atoms with Gasteiger partial charge in [-0.05, 0) is 53.3 Å². The molecule has 0 saturated heterocycles. The summed E-state index contributed by atoms with van der Waals surface area (Å²) in [5, 5.41) is 14.3. The van der Waals surface area contributed by atoms with Crippen molar-refractivity contribution < 1.29 is 13.5 Å². The molecule has 1 aromatic rings. The molecule has 0 radical (unpaired) electrons. The summed E-state index contributed by atoms with van der Waals surface area (Å²) < 4.78 is 22.8. The number of halogens is 1. The number of aliphatic hydroxyl groups excluding tert-OH is 1. The Labute approximate surface area is 96.3 Å². The van der Waals surface area contributed by atoms with Crippen molar-refractivity contribution in [2.45, 2.75) is 17.9 Å². The maximum atomic E-state index is 11.1. The first-order chi connectivity index (χ1) is 6.30. The standard InChI is InChI=1S/C8H10INO3S/c1-5(11)6-2-7(9)4-8(3-6)14(10,12)13/h2-5,11H,1H3,(H2,10,12,13). The van der Waals surface area contributed by atoms with E-state index < -0.39 is 16.1 Å². The summed E-state index contributed by atoms with van der Waals surface area (Å²) in [5.41, 5.74) is 0.543. The molecule has 1 atom stereocenters. The number of nitrogens with two attached hydrogens (primary N) is 1. The number of primary sulfonamides is 1. The zero-order chi connectivity index (χ0) is 10.9. The predicted molar refractivity (Wildman–Crippen MR) is 61.2 cm³/mol. The molecule has 1 rings (SSSR count). The first-order valence-electron chi connectivity index (χ1n) is 3.82. The van der Waals surface area contributed by atoms with Crippen molar-refractivity contribution >= 4 is 32.6 Å². The Morgan fingerprint density at radius 1 is 1.43 bits per heavy atom. The lowest BCUT2D eigenvalue weighted by Gasteiger charge is -2.07. The van der Waals surface area contributed by atoms with Gasteiger partial charge in [0.25, 0.3) is 0 Å². The highest BCUT2D eigenvalue weighted by Crippen LogP contribution is 2.20. The van der Waals surface area contributed by atoms with Gasteiger partial charge >= 0.3 is 0 Å². The topological polar surface area (TPSA) is 80.4 Å². The van der Waals surface area contributed by atoms with Crippen LogP contribution in [-0.4, -0.2) is 13.5 Å². The number of hydrogen-bond acceptors (Lipinski definition) is 3. The predicted octanol–water partition coefficient (Wildman–Crippen LogP) is 0.992. The van der Waals surface area contributed by atoms with Gasteiger partial charge in [-0.2, -0.15) is 0 Å². The van der Waals surface area contributed by atoms with Gasteiger partial charge in [-0.1, -0.05) is 0 Å². The SMILES string of the molecule is CC(O)c1cc(I)cc(S(N)(=O)=O)c1. The average Bonchev–Trinajstić information content (AvgIpc) is 2.01. The lowest BCUT2D eigenvalue weighted by atomic mass is 10.1. The highest BCUT2D eigenvalue weighted by atomic mass is 127. The molecule has 3 N–H and O–H groups in total. The highest BCUT2D eigenvalue weighted by molar-refractivity contribution is 14.1. The monoisotopic (exact) mass is 327 g/mol. The second-order valence-electron chi connectivity index (χ2n) is 2.94. The summed E-state index contributed by atoms with van der Waals surface area (Å²) in [6.07, 6.45) is -0.704. The van der Waals surface area contributed by atoms with Gasteiger partial charge in [-0.3, -0.25) is 0 Å². The normalized spacial score (nSPS) is 14.0. The van der Waals surface area contributed by atoms with Gasteiger partial charge in [-0.15, -0.1) is 0 Å². The van der Waals surface area contributed by atoms with Gasteiger partial charge in [0.1, 0.15) is 0 Å². The molecule has 1 aromatic carbocycles. The molecule has 0 saturated carbocycles. The molecule has 0 aliphatic rings. The Morgan fingerprint density at radius 3 is 2.43 bits per heavy atom. The van der Waals surface area contributed by atoms with Crippen LogP contribution >= 0.6 is 22.6 Å². The third kappa shape index (κ3) is 2.91. The minimum absolute atomic E-state index is 0.0281. The second kappa shape index (κ2) is 4.13. The number of sulfonamides is 1. The fourth-order valence-electron chi connectivity index (χ4n) is 0.990. The molecular formula is C8H10INO3S. The van der Waals surface area contributed by atoms with Crippen LogP contribution in [0.15, 0.2) is 23.1 Å². The van der Waals surface area contributed by atoms with Crippen LogP contribution in [0.5, 0.6) is 0 Å². The smallest absolute Gasteiger partial charge is 0.238 e.